The van der Waals surface area contributed by atoms with Crippen molar-refractivity contribution in [2.75, 3.05) is 18.4 Å². The predicted octanol–water partition coefficient (Wildman–Crippen LogP) is 4.19. The van der Waals surface area contributed by atoms with Gasteiger partial charge in [-0.1, -0.05) is 73.7 Å². The van der Waals surface area contributed by atoms with Gasteiger partial charge in [-0.3, -0.25) is 4.79 Å². The average Bonchev–Trinajstić information content (AvgIpc) is 3.19. The van der Waals surface area contributed by atoms with Gasteiger partial charge in [-0.05, 0) is 23.6 Å². The predicted molar refractivity (Wildman–Crippen MR) is 128 cm³/mol. The summed E-state index contributed by atoms with van der Waals surface area (Å²) in [5.74, 6) is 0.650. The van der Waals surface area contributed by atoms with Crippen LogP contribution in [0.25, 0.3) is 22.4 Å². The number of aromatic nitrogens is 2. The van der Waals surface area contributed by atoms with E-state index in [0.29, 0.717) is 18.9 Å². The maximum Gasteiger partial charge on any atom is 0.251 e. The van der Waals surface area contributed by atoms with Crippen LogP contribution in [0.2, 0.25) is 0 Å². The smallest absolute Gasteiger partial charge is 0.251 e. The van der Waals surface area contributed by atoms with Gasteiger partial charge < -0.3 is 16.4 Å². The highest BCUT2D eigenvalue weighted by Gasteiger charge is 2.45. The zero-order valence-electron chi connectivity index (χ0n) is 18.1. The van der Waals surface area contributed by atoms with E-state index in [1.807, 2.05) is 48.5 Å². The van der Waals surface area contributed by atoms with Gasteiger partial charge in [0.25, 0.3) is 5.91 Å². The second-order valence-electron chi connectivity index (χ2n) is 8.25. The molecule has 1 aromatic heterocycles. The third-order valence-electron chi connectivity index (χ3n) is 6.27. The van der Waals surface area contributed by atoms with E-state index < -0.39 is 5.54 Å². The first-order chi connectivity index (χ1) is 15.7. The number of nitrogens with two attached hydrogens (primary N) is 1. The molecule has 0 aliphatic carbocycles. The van der Waals surface area contributed by atoms with E-state index in [9.17, 15) is 4.79 Å². The maximum absolute atomic E-state index is 13.4. The topological polar surface area (TPSA) is 85.0 Å². The fraction of sp³-hybridized carbons (Fsp3) is 0.231. The molecule has 3 aromatic rings. The normalized spacial score (nSPS) is 20.0. The fourth-order valence-corrected chi connectivity index (χ4v) is 4.52. The summed E-state index contributed by atoms with van der Waals surface area (Å²) in [6.07, 6.45) is 5.41. The number of nitrogens with one attached hydrogen (secondary N) is 2. The standard InChI is InChI=1S/C26H27N5O/c1-2-3-14-21-20(16-28-21)26(17-27)15-22(32)31-25(29-26)23(18-10-6-4-7-11-18)24(30-31)19-12-8-5-9-13-19/h3-14,28-29H,2,15-17,27H2,1H3/b14-3-. The molecule has 0 radical (unpaired) electrons. The van der Waals surface area contributed by atoms with Crippen molar-refractivity contribution in [3.05, 3.63) is 84.1 Å². The van der Waals surface area contributed by atoms with Crippen LogP contribution in [0.4, 0.5) is 5.82 Å². The molecule has 5 rings (SSSR count). The summed E-state index contributed by atoms with van der Waals surface area (Å²) in [6.45, 7) is 3.13. The number of hydrogen-bond acceptors (Lipinski definition) is 5. The molecule has 1 unspecified atom stereocenters. The summed E-state index contributed by atoms with van der Waals surface area (Å²) < 4.78 is 1.52. The maximum atomic E-state index is 13.4. The summed E-state index contributed by atoms with van der Waals surface area (Å²) >= 11 is 0. The van der Waals surface area contributed by atoms with Crippen LogP contribution in [0, 0.1) is 0 Å². The zero-order valence-corrected chi connectivity index (χ0v) is 18.1. The first kappa shape index (κ1) is 20.3. The molecule has 0 saturated heterocycles. The molecule has 0 fully saturated rings. The van der Waals surface area contributed by atoms with Crippen molar-refractivity contribution >= 4 is 11.7 Å². The van der Waals surface area contributed by atoms with Gasteiger partial charge in [0.15, 0.2) is 0 Å². The van der Waals surface area contributed by atoms with Gasteiger partial charge in [-0.25, -0.2) is 0 Å². The van der Waals surface area contributed by atoms with Crippen LogP contribution in [0.15, 0.2) is 84.1 Å². The van der Waals surface area contributed by atoms with Gasteiger partial charge in [-0.2, -0.15) is 9.78 Å². The average molecular weight is 426 g/mol. The van der Waals surface area contributed by atoms with Gasteiger partial charge in [0, 0.05) is 24.4 Å². The minimum absolute atomic E-state index is 0.0539. The second-order valence-corrected chi connectivity index (χ2v) is 8.25. The van der Waals surface area contributed by atoms with Crippen LogP contribution in [-0.2, 0) is 0 Å². The third kappa shape index (κ3) is 3.24. The number of carbonyl (C=O) groups is 1. The number of nitrogens with zero attached hydrogens (tertiary/aromatic N) is 2. The lowest BCUT2D eigenvalue weighted by molar-refractivity contribution is 0.0855. The number of rotatable bonds is 6. The Balaban J connectivity index is 1.70. The Labute approximate surface area is 187 Å². The number of benzene rings is 2. The van der Waals surface area contributed by atoms with Crippen molar-refractivity contribution in [2.45, 2.75) is 25.3 Å². The number of fused-ring (bicyclic) bond motifs is 1. The van der Waals surface area contributed by atoms with Gasteiger partial charge in [0.2, 0.25) is 0 Å². The van der Waals surface area contributed by atoms with Crippen molar-refractivity contribution in [1.82, 2.24) is 15.1 Å². The second kappa shape index (κ2) is 8.13. The molecule has 0 saturated carbocycles. The Bertz CT molecular complexity index is 1210. The van der Waals surface area contributed by atoms with Crippen molar-refractivity contribution in [1.29, 1.82) is 0 Å². The van der Waals surface area contributed by atoms with E-state index in [0.717, 1.165) is 40.1 Å². The molecule has 1 atom stereocenters. The molecule has 6 heteroatoms. The molecule has 162 valence electrons. The van der Waals surface area contributed by atoms with E-state index >= 15 is 0 Å². The lowest BCUT2D eigenvalue weighted by Gasteiger charge is -2.44. The Kier molecular flexibility index (Phi) is 5.15. The summed E-state index contributed by atoms with van der Waals surface area (Å²) in [6, 6.07) is 20.1. The number of carbonyl (C=O) groups excluding carboxylic acids is 1. The summed E-state index contributed by atoms with van der Waals surface area (Å²) in [4.78, 5) is 13.4. The quantitative estimate of drug-likeness (QED) is 0.551. The van der Waals surface area contributed by atoms with Crippen molar-refractivity contribution in [3.63, 3.8) is 0 Å². The van der Waals surface area contributed by atoms with Crippen molar-refractivity contribution in [3.8, 4) is 22.4 Å². The molecule has 32 heavy (non-hydrogen) atoms. The third-order valence-corrected chi connectivity index (χ3v) is 6.27. The highest BCUT2D eigenvalue weighted by molar-refractivity contribution is 5.97. The largest absolute Gasteiger partial charge is 0.381 e. The molecular formula is C26H27N5O. The highest BCUT2D eigenvalue weighted by Crippen LogP contribution is 2.43. The molecule has 6 nitrogen and oxygen atoms in total. The highest BCUT2D eigenvalue weighted by atomic mass is 16.2. The SMILES string of the molecule is CC/C=C\C1=C(C2(CN)CC(=O)n3nc(-c4ccccc4)c(-c4ccccc4)c3N2)CN1. The van der Waals surface area contributed by atoms with E-state index in [1.165, 1.54) is 4.68 Å². The first-order valence-corrected chi connectivity index (χ1v) is 11.1. The van der Waals surface area contributed by atoms with Gasteiger partial charge in [0.05, 0.1) is 17.5 Å². The lowest BCUT2D eigenvalue weighted by Crippen LogP contribution is -2.58. The van der Waals surface area contributed by atoms with Gasteiger partial charge >= 0.3 is 0 Å². The van der Waals surface area contributed by atoms with Crippen LogP contribution in [-0.4, -0.2) is 34.3 Å². The summed E-state index contributed by atoms with van der Waals surface area (Å²) in [5.41, 5.74) is 11.6. The fourth-order valence-electron chi connectivity index (χ4n) is 4.52. The van der Waals surface area contributed by atoms with Crippen molar-refractivity contribution < 1.29 is 4.79 Å². The van der Waals surface area contributed by atoms with Crippen molar-refractivity contribution in [2.24, 2.45) is 5.73 Å². The molecule has 2 aliphatic rings. The Morgan fingerprint density at radius 1 is 1.09 bits per heavy atom. The molecule has 3 heterocycles. The van der Waals surface area contributed by atoms with Crippen LogP contribution < -0.4 is 16.4 Å². The lowest BCUT2D eigenvalue weighted by atomic mass is 9.79. The van der Waals surface area contributed by atoms with E-state index in [-0.39, 0.29) is 12.3 Å². The van der Waals surface area contributed by atoms with Crippen LogP contribution in [0.3, 0.4) is 0 Å². The zero-order chi connectivity index (χ0) is 22.1. The molecule has 2 aromatic carbocycles. The number of anilines is 1. The molecule has 2 aliphatic heterocycles. The minimum atomic E-state index is -0.636. The molecule has 4 N–H and O–H groups in total. The van der Waals surface area contributed by atoms with Crippen LogP contribution >= 0.6 is 0 Å². The Morgan fingerprint density at radius 3 is 2.38 bits per heavy atom. The number of allylic oxidation sites excluding steroid dienone is 2. The van der Waals surface area contributed by atoms with Crippen LogP contribution in [0.5, 0.6) is 0 Å². The Hall–Kier alpha value is -3.64. The van der Waals surface area contributed by atoms with E-state index in [4.69, 9.17) is 10.8 Å². The summed E-state index contributed by atoms with van der Waals surface area (Å²) in [7, 11) is 0. The minimum Gasteiger partial charge on any atom is -0.381 e. The molecular weight excluding hydrogens is 398 g/mol. The molecule has 0 amide bonds. The summed E-state index contributed by atoms with van der Waals surface area (Å²) in [5, 5.41) is 11.8. The van der Waals surface area contributed by atoms with E-state index in [1.54, 1.807) is 0 Å². The Morgan fingerprint density at radius 2 is 1.78 bits per heavy atom. The van der Waals surface area contributed by atoms with Gasteiger partial charge in [-0.15, -0.1) is 0 Å². The van der Waals surface area contributed by atoms with Gasteiger partial charge in [0.1, 0.15) is 11.5 Å². The monoisotopic (exact) mass is 425 g/mol. The number of hydrogen-bond donors (Lipinski definition) is 3. The van der Waals surface area contributed by atoms with Crippen LogP contribution in [0.1, 0.15) is 24.6 Å². The van der Waals surface area contributed by atoms with E-state index in [2.05, 4.69) is 41.8 Å². The molecule has 0 spiro atoms. The molecule has 0 bridgehead atoms. The first-order valence-electron chi connectivity index (χ1n) is 11.1.